The molecule has 1 N–H and O–H groups in total. The van der Waals surface area contributed by atoms with Crippen LogP contribution in [-0.2, 0) is 7.05 Å². The van der Waals surface area contributed by atoms with Gasteiger partial charge in [0.25, 0.3) is 0 Å². The number of halogens is 1. The van der Waals surface area contributed by atoms with Gasteiger partial charge in [0.15, 0.2) is 22.9 Å². The Morgan fingerprint density at radius 3 is 2.27 bits per heavy atom. The number of benzene rings is 1. The number of carboxylic acids is 1. The van der Waals surface area contributed by atoms with E-state index in [0.717, 1.165) is 0 Å². The summed E-state index contributed by atoms with van der Waals surface area (Å²) in [5, 5.41) is 13.3. The van der Waals surface area contributed by atoms with Crippen LogP contribution in [0.15, 0.2) is 12.1 Å². The topological polar surface area (TPSA) is 82.8 Å². The van der Waals surface area contributed by atoms with Crippen LogP contribution in [0.5, 0.6) is 17.2 Å². The highest BCUT2D eigenvalue weighted by Gasteiger charge is 2.25. The van der Waals surface area contributed by atoms with E-state index in [2.05, 4.69) is 5.10 Å². The maximum atomic E-state index is 11.1. The van der Waals surface area contributed by atoms with Crippen molar-refractivity contribution in [3.05, 3.63) is 22.8 Å². The molecule has 22 heavy (non-hydrogen) atoms. The number of carboxylic acid groups (broad SMARTS) is 1. The van der Waals surface area contributed by atoms with Gasteiger partial charge in [0.2, 0.25) is 0 Å². The highest BCUT2D eigenvalue weighted by atomic mass is 35.5. The first-order chi connectivity index (χ1) is 10.4. The average molecular weight is 327 g/mol. The summed E-state index contributed by atoms with van der Waals surface area (Å²) in [5.41, 5.74) is 0.851. The van der Waals surface area contributed by atoms with Crippen molar-refractivity contribution in [3.8, 4) is 28.5 Å². The lowest BCUT2D eigenvalue weighted by molar-refractivity contribution is 0.0689. The third-order valence-electron chi connectivity index (χ3n) is 3.14. The fourth-order valence-electron chi connectivity index (χ4n) is 2.18. The Morgan fingerprint density at radius 1 is 1.18 bits per heavy atom. The third-order valence-corrected chi connectivity index (χ3v) is 3.42. The van der Waals surface area contributed by atoms with Crippen LogP contribution < -0.4 is 14.2 Å². The number of methoxy groups -OCH3 is 3. The van der Waals surface area contributed by atoms with Crippen LogP contribution in [0.1, 0.15) is 10.5 Å². The number of ether oxygens (including phenoxy) is 3. The van der Waals surface area contributed by atoms with Gasteiger partial charge in [-0.3, -0.25) is 4.68 Å². The fourth-order valence-corrected chi connectivity index (χ4v) is 2.45. The fraction of sp³-hybridized carbons (Fsp3) is 0.286. The van der Waals surface area contributed by atoms with Gasteiger partial charge in [-0.1, -0.05) is 11.6 Å². The number of aryl methyl sites for hydroxylation is 1. The van der Waals surface area contributed by atoms with Crippen molar-refractivity contribution in [1.29, 1.82) is 0 Å². The first kappa shape index (κ1) is 16.0. The molecule has 0 saturated carbocycles. The zero-order valence-electron chi connectivity index (χ0n) is 12.5. The van der Waals surface area contributed by atoms with Gasteiger partial charge in [0, 0.05) is 13.1 Å². The maximum Gasteiger partial charge on any atom is 0.356 e. The van der Waals surface area contributed by atoms with E-state index in [1.165, 1.54) is 32.1 Å². The van der Waals surface area contributed by atoms with Crippen molar-refractivity contribution in [2.24, 2.45) is 7.05 Å². The normalized spacial score (nSPS) is 10.4. The zero-order chi connectivity index (χ0) is 16.4. The Morgan fingerprint density at radius 2 is 1.82 bits per heavy atom. The Bertz CT molecular complexity index is 727. The minimum absolute atomic E-state index is 0.0967. The summed E-state index contributed by atoms with van der Waals surface area (Å²) in [4.78, 5) is 11.1. The van der Waals surface area contributed by atoms with Crippen molar-refractivity contribution < 1.29 is 24.1 Å². The number of hydrogen-bond acceptors (Lipinski definition) is 5. The molecule has 0 bridgehead atoms. The smallest absolute Gasteiger partial charge is 0.356 e. The molecule has 1 heterocycles. The molecule has 7 nitrogen and oxygen atoms in total. The summed E-state index contributed by atoms with van der Waals surface area (Å²) < 4.78 is 17.4. The molecule has 0 aliphatic heterocycles. The van der Waals surface area contributed by atoms with Gasteiger partial charge >= 0.3 is 5.97 Å². The Labute approximate surface area is 132 Å². The third kappa shape index (κ3) is 2.55. The van der Waals surface area contributed by atoms with Crippen molar-refractivity contribution >= 4 is 17.6 Å². The summed E-state index contributed by atoms with van der Waals surface area (Å²) in [6.07, 6.45) is 0. The van der Waals surface area contributed by atoms with Crippen molar-refractivity contribution in [1.82, 2.24) is 9.78 Å². The van der Waals surface area contributed by atoms with Gasteiger partial charge in [0.05, 0.1) is 37.6 Å². The standard InChI is InChI=1S/C14H15ClN2O5/c1-17-9(6-8(16-17)14(18)19)11-12(21-3)7(15)5-10(20-2)13(11)22-4/h5-6H,1-4H3,(H,18,19). The summed E-state index contributed by atoms with van der Waals surface area (Å²) in [5.74, 6) is -0.00176. The second kappa shape index (κ2) is 6.15. The number of aromatic nitrogens is 2. The molecule has 8 heteroatoms. The second-order valence-electron chi connectivity index (χ2n) is 4.35. The van der Waals surface area contributed by atoms with E-state index >= 15 is 0 Å². The molecule has 0 spiro atoms. The Balaban J connectivity index is 2.82. The summed E-state index contributed by atoms with van der Waals surface area (Å²) in [6.45, 7) is 0. The van der Waals surface area contributed by atoms with Crippen molar-refractivity contribution in [3.63, 3.8) is 0 Å². The van der Waals surface area contributed by atoms with Gasteiger partial charge in [0.1, 0.15) is 0 Å². The molecule has 2 aromatic rings. The van der Waals surface area contributed by atoms with Crippen LogP contribution in [0, 0.1) is 0 Å². The largest absolute Gasteiger partial charge is 0.494 e. The van der Waals surface area contributed by atoms with E-state index in [0.29, 0.717) is 33.5 Å². The van der Waals surface area contributed by atoms with Crippen LogP contribution in [0.3, 0.4) is 0 Å². The van der Waals surface area contributed by atoms with E-state index in [1.54, 1.807) is 13.1 Å². The molecule has 0 fully saturated rings. The predicted octanol–water partition coefficient (Wildman–Crippen LogP) is 2.46. The van der Waals surface area contributed by atoms with Crippen LogP contribution in [0.4, 0.5) is 0 Å². The van der Waals surface area contributed by atoms with Crippen molar-refractivity contribution in [2.75, 3.05) is 21.3 Å². The predicted molar refractivity (Wildman–Crippen MR) is 80.3 cm³/mol. The maximum absolute atomic E-state index is 11.1. The molecule has 0 saturated heterocycles. The lowest BCUT2D eigenvalue weighted by Gasteiger charge is -2.17. The molecule has 2 rings (SSSR count). The number of rotatable bonds is 5. The lowest BCUT2D eigenvalue weighted by Crippen LogP contribution is -2.02. The molecule has 0 radical (unpaired) electrons. The molecular formula is C14H15ClN2O5. The van der Waals surface area contributed by atoms with Gasteiger partial charge in [-0.2, -0.15) is 5.10 Å². The van der Waals surface area contributed by atoms with Crippen LogP contribution in [0.25, 0.3) is 11.3 Å². The molecule has 0 aliphatic carbocycles. The summed E-state index contributed by atoms with van der Waals surface area (Å²) >= 11 is 6.21. The molecule has 1 aromatic heterocycles. The minimum atomic E-state index is -1.13. The van der Waals surface area contributed by atoms with Gasteiger partial charge in [-0.25, -0.2) is 4.79 Å². The molecule has 118 valence electrons. The quantitative estimate of drug-likeness (QED) is 0.908. The summed E-state index contributed by atoms with van der Waals surface area (Å²) in [6, 6.07) is 2.98. The number of nitrogens with zero attached hydrogens (tertiary/aromatic N) is 2. The number of carbonyl (C=O) groups is 1. The van der Waals surface area contributed by atoms with E-state index in [1.807, 2.05) is 0 Å². The molecule has 0 atom stereocenters. The SMILES string of the molecule is COc1cc(Cl)c(OC)c(-c2cc(C(=O)O)nn2C)c1OC. The Hall–Kier alpha value is -2.41. The lowest BCUT2D eigenvalue weighted by atomic mass is 10.1. The molecule has 0 unspecified atom stereocenters. The van der Waals surface area contributed by atoms with Crippen LogP contribution in [0.2, 0.25) is 5.02 Å². The molecule has 1 aromatic carbocycles. The van der Waals surface area contributed by atoms with Crippen molar-refractivity contribution in [2.45, 2.75) is 0 Å². The monoisotopic (exact) mass is 326 g/mol. The van der Waals surface area contributed by atoms with Crippen LogP contribution >= 0.6 is 11.6 Å². The molecular weight excluding hydrogens is 312 g/mol. The number of hydrogen-bond donors (Lipinski definition) is 1. The zero-order valence-corrected chi connectivity index (χ0v) is 13.3. The van der Waals surface area contributed by atoms with Crippen LogP contribution in [-0.4, -0.2) is 42.2 Å². The molecule has 0 aliphatic rings. The molecule has 0 amide bonds. The highest BCUT2D eigenvalue weighted by molar-refractivity contribution is 6.33. The van der Waals surface area contributed by atoms with E-state index in [9.17, 15) is 4.79 Å². The van der Waals surface area contributed by atoms with E-state index in [-0.39, 0.29) is 5.69 Å². The van der Waals surface area contributed by atoms with Gasteiger partial charge in [-0.05, 0) is 6.07 Å². The average Bonchev–Trinajstić information content (AvgIpc) is 2.87. The van der Waals surface area contributed by atoms with Gasteiger partial charge < -0.3 is 19.3 Å². The second-order valence-corrected chi connectivity index (χ2v) is 4.75. The van der Waals surface area contributed by atoms with E-state index in [4.69, 9.17) is 30.9 Å². The summed E-state index contributed by atoms with van der Waals surface area (Å²) in [7, 11) is 6.04. The minimum Gasteiger partial charge on any atom is -0.494 e. The van der Waals surface area contributed by atoms with Gasteiger partial charge in [-0.15, -0.1) is 0 Å². The first-order valence-corrected chi connectivity index (χ1v) is 6.58. The van der Waals surface area contributed by atoms with E-state index < -0.39 is 5.97 Å². The first-order valence-electron chi connectivity index (χ1n) is 6.20. The Kier molecular flexibility index (Phi) is 4.46. The highest BCUT2D eigenvalue weighted by Crippen LogP contribution is 2.48. The number of aromatic carboxylic acids is 1.